The third-order valence-corrected chi connectivity index (χ3v) is 3.06. The average molecular weight is 248 g/mol. The first-order valence-corrected chi connectivity index (χ1v) is 6.79. The van der Waals surface area contributed by atoms with E-state index in [2.05, 4.69) is 12.2 Å². The normalized spacial score (nSPS) is 10.3. The summed E-state index contributed by atoms with van der Waals surface area (Å²) >= 11 is 0. The third-order valence-electron chi connectivity index (χ3n) is 3.06. The molecule has 1 rings (SSSR count). The second-order valence-corrected chi connectivity index (χ2v) is 4.78. The lowest BCUT2D eigenvalue weighted by Crippen LogP contribution is -2.11. The van der Waals surface area contributed by atoms with E-state index in [0.29, 0.717) is 6.42 Å². The number of rotatable bonds is 7. The number of nitrogens with two attached hydrogens (primary N) is 1. The van der Waals surface area contributed by atoms with Crippen molar-refractivity contribution in [2.45, 2.75) is 52.4 Å². The van der Waals surface area contributed by atoms with Crippen molar-refractivity contribution in [3.8, 4) is 0 Å². The van der Waals surface area contributed by atoms with Crippen molar-refractivity contribution >= 4 is 17.3 Å². The second-order valence-electron chi connectivity index (χ2n) is 4.78. The molecule has 0 atom stereocenters. The van der Waals surface area contributed by atoms with Crippen LogP contribution < -0.4 is 11.1 Å². The van der Waals surface area contributed by atoms with E-state index < -0.39 is 0 Å². The van der Waals surface area contributed by atoms with Gasteiger partial charge >= 0.3 is 0 Å². The summed E-state index contributed by atoms with van der Waals surface area (Å²) in [5.41, 5.74) is 8.32. The molecule has 0 fully saturated rings. The largest absolute Gasteiger partial charge is 0.399 e. The van der Waals surface area contributed by atoms with Crippen LogP contribution in [0.3, 0.4) is 0 Å². The van der Waals surface area contributed by atoms with Gasteiger partial charge in [0.2, 0.25) is 5.91 Å². The number of hydrogen-bond acceptors (Lipinski definition) is 2. The van der Waals surface area contributed by atoms with E-state index in [-0.39, 0.29) is 5.91 Å². The Morgan fingerprint density at radius 1 is 1.22 bits per heavy atom. The van der Waals surface area contributed by atoms with Crippen molar-refractivity contribution in [2.75, 3.05) is 11.1 Å². The summed E-state index contributed by atoms with van der Waals surface area (Å²) in [5.74, 6) is 0.0932. The fraction of sp³-hybridized carbons (Fsp3) is 0.533. The van der Waals surface area contributed by atoms with Gasteiger partial charge in [-0.25, -0.2) is 0 Å². The van der Waals surface area contributed by atoms with Crippen LogP contribution in [0.1, 0.15) is 51.0 Å². The van der Waals surface area contributed by atoms with E-state index in [1.165, 1.54) is 19.3 Å². The fourth-order valence-electron chi connectivity index (χ4n) is 1.87. The second kappa shape index (κ2) is 7.75. The molecule has 18 heavy (non-hydrogen) atoms. The molecule has 3 nitrogen and oxygen atoms in total. The molecule has 0 saturated heterocycles. The molecule has 0 aromatic heterocycles. The Morgan fingerprint density at radius 2 is 1.94 bits per heavy atom. The van der Waals surface area contributed by atoms with Gasteiger partial charge in [0.1, 0.15) is 0 Å². The average Bonchev–Trinajstić information content (AvgIpc) is 2.34. The summed E-state index contributed by atoms with van der Waals surface area (Å²) in [5, 5.41) is 2.91. The van der Waals surface area contributed by atoms with Crippen LogP contribution in [0.2, 0.25) is 0 Å². The lowest BCUT2D eigenvalue weighted by Gasteiger charge is -2.07. The van der Waals surface area contributed by atoms with E-state index in [1.54, 1.807) is 0 Å². The van der Waals surface area contributed by atoms with Crippen LogP contribution in [0.5, 0.6) is 0 Å². The number of hydrogen-bond donors (Lipinski definition) is 2. The molecule has 0 unspecified atom stereocenters. The van der Waals surface area contributed by atoms with Crippen LogP contribution in [0, 0.1) is 6.92 Å². The maximum atomic E-state index is 11.7. The molecular weight excluding hydrogens is 224 g/mol. The number of benzene rings is 1. The van der Waals surface area contributed by atoms with Gasteiger partial charge in [0.15, 0.2) is 0 Å². The standard InChI is InChI=1S/C15H24N2O/c1-3-4-5-6-7-8-15(18)17-13-9-10-14(16)12(2)11-13/h9-11H,3-8,16H2,1-2H3,(H,17,18). The summed E-state index contributed by atoms with van der Waals surface area (Å²) < 4.78 is 0. The van der Waals surface area contributed by atoms with Crippen molar-refractivity contribution in [1.29, 1.82) is 0 Å². The molecule has 0 radical (unpaired) electrons. The van der Waals surface area contributed by atoms with Gasteiger partial charge in [0.25, 0.3) is 0 Å². The van der Waals surface area contributed by atoms with Gasteiger partial charge in [-0.3, -0.25) is 4.79 Å². The summed E-state index contributed by atoms with van der Waals surface area (Å²) in [6.45, 7) is 4.13. The first-order chi connectivity index (χ1) is 8.63. The summed E-state index contributed by atoms with van der Waals surface area (Å²) in [6, 6.07) is 5.58. The van der Waals surface area contributed by atoms with Crippen LogP contribution in [0.4, 0.5) is 11.4 Å². The molecule has 1 amide bonds. The van der Waals surface area contributed by atoms with E-state index in [9.17, 15) is 4.79 Å². The van der Waals surface area contributed by atoms with E-state index >= 15 is 0 Å². The number of nitrogens with one attached hydrogen (secondary N) is 1. The molecule has 3 N–H and O–H groups in total. The first-order valence-electron chi connectivity index (χ1n) is 6.79. The highest BCUT2D eigenvalue weighted by atomic mass is 16.1. The Hall–Kier alpha value is -1.51. The maximum Gasteiger partial charge on any atom is 0.224 e. The molecule has 0 heterocycles. The lowest BCUT2D eigenvalue weighted by atomic mass is 10.1. The smallest absolute Gasteiger partial charge is 0.224 e. The molecule has 3 heteroatoms. The predicted molar refractivity (Wildman–Crippen MR) is 77.6 cm³/mol. The van der Waals surface area contributed by atoms with Crippen molar-refractivity contribution < 1.29 is 4.79 Å². The fourth-order valence-corrected chi connectivity index (χ4v) is 1.87. The summed E-state index contributed by atoms with van der Waals surface area (Å²) in [7, 11) is 0. The van der Waals surface area contributed by atoms with Gasteiger partial charge in [0.05, 0.1) is 0 Å². The molecule has 1 aromatic carbocycles. The van der Waals surface area contributed by atoms with Gasteiger partial charge in [-0.2, -0.15) is 0 Å². The molecule has 100 valence electrons. The summed E-state index contributed by atoms with van der Waals surface area (Å²) in [4.78, 5) is 11.7. The number of amides is 1. The van der Waals surface area contributed by atoms with Gasteiger partial charge in [0, 0.05) is 17.8 Å². The molecule has 0 saturated carbocycles. The quantitative estimate of drug-likeness (QED) is 0.568. The number of unbranched alkanes of at least 4 members (excludes halogenated alkanes) is 4. The van der Waals surface area contributed by atoms with Crippen LogP contribution in [0.25, 0.3) is 0 Å². The Kier molecular flexibility index (Phi) is 6.26. The van der Waals surface area contributed by atoms with E-state index in [1.807, 2.05) is 25.1 Å². The minimum Gasteiger partial charge on any atom is -0.399 e. The minimum absolute atomic E-state index is 0.0932. The predicted octanol–water partition coefficient (Wildman–Crippen LogP) is 3.88. The minimum atomic E-state index is 0.0932. The molecule has 1 aromatic rings. The van der Waals surface area contributed by atoms with Crippen LogP contribution in [-0.2, 0) is 4.79 Å². The van der Waals surface area contributed by atoms with Crippen LogP contribution in [-0.4, -0.2) is 5.91 Å². The molecule has 0 aliphatic rings. The lowest BCUT2D eigenvalue weighted by molar-refractivity contribution is -0.116. The molecule has 0 aliphatic carbocycles. The van der Waals surface area contributed by atoms with Crippen molar-refractivity contribution in [1.82, 2.24) is 0 Å². The Bertz CT molecular complexity index is 388. The monoisotopic (exact) mass is 248 g/mol. The Morgan fingerprint density at radius 3 is 2.61 bits per heavy atom. The SMILES string of the molecule is CCCCCCCC(=O)Nc1ccc(N)c(C)c1. The van der Waals surface area contributed by atoms with Crippen LogP contribution in [0.15, 0.2) is 18.2 Å². The zero-order chi connectivity index (χ0) is 13.4. The number of anilines is 2. The molecule has 0 bridgehead atoms. The third kappa shape index (κ3) is 5.21. The molecule has 0 aliphatic heterocycles. The number of carbonyl (C=O) groups is 1. The number of carbonyl (C=O) groups excluding carboxylic acids is 1. The summed E-state index contributed by atoms with van der Waals surface area (Å²) in [6.07, 6.45) is 6.44. The van der Waals surface area contributed by atoms with E-state index in [0.717, 1.165) is 29.8 Å². The van der Waals surface area contributed by atoms with Gasteiger partial charge in [-0.1, -0.05) is 32.6 Å². The highest BCUT2D eigenvalue weighted by Gasteiger charge is 2.03. The first kappa shape index (κ1) is 14.6. The van der Waals surface area contributed by atoms with E-state index in [4.69, 9.17) is 5.73 Å². The van der Waals surface area contributed by atoms with Crippen LogP contribution >= 0.6 is 0 Å². The van der Waals surface area contributed by atoms with Gasteiger partial charge < -0.3 is 11.1 Å². The van der Waals surface area contributed by atoms with Crippen molar-refractivity contribution in [3.63, 3.8) is 0 Å². The highest BCUT2D eigenvalue weighted by Crippen LogP contribution is 2.17. The maximum absolute atomic E-state index is 11.7. The molecular formula is C15H24N2O. The van der Waals surface area contributed by atoms with Gasteiger partial charge in [-0.15, -0.1) is 0 Å². The Labute approximate surface area is 110 Å². The van der Waals surface area contributed by atoms with Crippen molar-refractivity contribution in [3.05, 3.63) is 23.8 Å². The topological polar surface area (TPSA) is 55.1 Å². The Balaban J connectivity index is 2.29. The zero-order valence-electron chi connectivity index (χ0n) is 11.5. The van der Waals surface area contributed by atoms with Crippen molar-refractivity contribution in [2.24, 2.45) is 0 Å². The zero-order valence-corrected chi connectivity index (χ0v) is 11.5. The van der Waals surface area contributed by atoms with Gasteiger partial charge in [-0.05, 0) is 37.1 Å². The number of nitrogen functional groups attached to an aromatic ring is 1. The highest BCUT2D eigenvalue weighted by molar-refractivity contribution is 5.91. The molecule has 0 spiro atoms. The number of aryl methyl sites for hydroxylation is 1.